The van der Waals surface area contributed by atoms with Gasteiger partial charge in [-0.2, -0.15) is 0 Å². The van der Waals surface area contributed by atoms with Gasteiger partial charge in [0, 0.05) is 18.2 Å². The second-order valence-electron chi connectivity index (χ2n) is 7.93. The first-order chi connectivity index (χ1) is 16.1. The van der Waals surface area contributed by atoms with Gasteiger partial charge in [-0.25, -0.2) is 24.1 Å². The number of allylic oxidation sites excluding steroid dienone is 1. The van der Waals surface area contributed by atoms with Crippen molar-refractivity contribution in [2.24, 2.45) is 0 Å². The Morgan fingerprint density at radius 2 is 2.15 bits per heavy atom. The molecular formula is C24H19FN6O2. The van der Waals surface area contributed by atoms with Crippen LogP contribution in [0.1, 0.15) is 23.6 Å². The minimum atomic E-state index is -0.393. The van der Waals surface area contributed by atoms with Crippen LogP contribution in [-0.2, 0) is 6.42 Å². The first-order valence-electron chi connectivity index (χ1n) is 10.6. The van der Waals surface area contributed by atoms with Crippen molar-refractivity contribution in [2.75, 3.05) is 6.61 Å². The minimum absolute atomic E-state index is 0.248. The Morgan fingerprint density at radius 1 is 1.24 bits per heavy atom. The van der Waals surface area contributed by atoms with Crippen molar-refractivity contribution in [1.29, 1.82) is 0 Å². The Bertz CT molecular complexity index is 1600. The van der Waals surface area contributed by atoms with Gasteiger partial charge in [0.05, 0.1) is 25.0 Å². The predicted molar refractivity (Wildman–Crippen MR) is 121 cm³/mol. The molecule has 8 nitrogen and oxygen atoms in total. The lowest BCUT2D eigenvalue weighted by atomic mass is 9.96. The van der Waals surface area contributed by atoms with Gasteiger partial charge in [-0.1, -0.05) is 24.3 Å². The van der Waals surface area contributed by atoms with Crippen LogP contribution in [-0.4, -0.2) is 35.5 Å². The standard InChI is InChI=1S/C24H19FN6O2/c1-2-4-14-5-3-6-16-18(9-10-33-21(14)16)31-23-17(28-24(31)32)11-27-22(29-23)19-12-26-20-8-7-15(25)13-30(19)20/h2-3,5-8,11-13,18H,1,4,9-10H2,(H,28,32). The van der Waals surface area contributed by atoms with Crippen molar-refractivity contribution in [3.05, 3.63) is 89.0 Å². The fraction of sp³-hybridized carbons (Fsp3) is 0.167. The Balaban J connectivity index is 1.53. The van der Waals surface area contributed by atoms with Crippen molar-refractivity contribution >= 4 is 16.8 Å². The van der Waals surface area contributed by atoms with E-state index in [0.29, 0.717) is 47.8 Å². The van der Waals surface area contributed by atoms with E-state index in [1.165, 1.54) is 12.3 Å². The molecule has 0 saturated carbocycles. The molecule has 5 heterocycles. The van der Waals surface area contributed by atoms with E-state index >= 15 is 0 Å². The molecule has 1 aliphatic heterocycles. The highest BCUT2D eigenvalue weighted by Gasteiger charge is 2.28. The third-order valence-corrected chi connectivity index (χ3v) is 5.96. The minimum Gasteiger partial charge on any atom is -0.493 e. The molecule has 0 bridgehead atoms. The first kappa shape index (κ1) is 19.4. The van der Waals surface area contributed by atoms with Crippen LogP contribution in [0.25, 0.3) is 28.3 Å². The van der Waals surface area contributed by atoms with Crippen molar-refractivity contribution in [2.45, 2.75) is 18.9 Å². The summed E-state index contributed by atoms with van der Waals surface area (Å²) < 4.78 is 23.1. The molecule has 9 heteroatoms. The van der Waals surface area contributed by atoms with Crippen molar-refractivity contribution in [1.82, 2.24) is 28.9 Å². The van der Waals surface area contributed by atoms with Crippen molar-refractivity contribution in [3.8, 4) is 17.3 Å². The zero-order valence-corrected chi connectivity index (χ0v) is 17.5. The van der Waals surface area contributed by atoms with E-state index in [9.17, 15) is 9.18 Å². The van der Waals surface area contributed by atoms with E-state index in [1.54, 1.807) is 27.4 Å². The maximum atomic E-state index is 13.8. The molecule has 1 unspecified atom stereocenters. The highest BCUT2D eigenvalue weighted by atomic mass is 19.1. The monoisotopic (exact) mass is 442 g/mol. The van der Waals surface area contributed by atoms with Gasteiger partial charge in [-0.05, 0) is 24.1 Å². The predicted octanol–water partition coefficient (Wildman–Crippen LogP) is 3.67. The average Bonchev–Trinajstić information content (AvgIpc) is 3.38. The zero-order valence-electron chi connectivity index (χ0n) is 17.5. The van der Waals surface area contributed by atoms with E-state index in [2.05, 4.69) is 21.5 Å². The molecule has 4 aromatic heterocycles. The maximum Gasteiger partial charge on any atom is 0.328 e. The van der Waals surface area contributed by atoms with Crippen LogP contribution in [0.4, 0.5) is 4.39 Å². The summed E-state index contributed by atoms with van der Waals surface area (Å²) in [6.07, 6.45) is 7.64. The van der Waals surface area contributed by atoms with Gasteiger partial charge in [-0.15, -0.1) is 6.58 Å². The number of rotatable bonds is 4. The zero-order chi connectivity index (χ0) is 22.5. The fourth-order valence-electron chi connectivity index (χ4n) is 4.50. The van der Waals surface area contributed by atoms with Crippen LogP contribution < -0.4 is 10.4 Å². The lowest BCUT2D eigenvalue weighted by molar-refractivity contribution is 0.254. The molecule has 0 amide bonds. The molecule has 0 saturated heterocycles. The number of fused-ring (bicyclic) bond motifs is 3. The Labute approximate surface area is 187 Å². The summed E-state index contributed by atoms with van der Waals surface area (Å²) in [4.78, 5) is 29.3. The summed E-state index contributed by atoms with van der Waals surface area (Å²) in [5.41, 5.74) is 3.81. The van der Waals surface area contributed by atoms with Crippen LogP contribution in [0.15, 0.2) is 66.4 Å². The summed E-state index contributed by atoms with van der Waals surface area (Å²) in [5, 5.41) is 0. The molecule has 1 aromatic carbocycles. The Hall–Kier alpha value is -4.27. The van der Waals surface area contributed by atoms with Crippen LogP contribution in [0.3, 0.4) is 0 Å². The van der Waals surface area contributed by atoms with Gasteiger partial charge in [-0.3, -0.25) is 8.97 Å². The summed E-state index contributed by atoms with van der Waals surface area (Å²) in [6, 6.07) is 8.64. The molecule has 0 radical (unpaired) electrons. The fourth-order valence-corrected chi connectivity index (χ4v) is 4.50. The molecular weight excluding hydrogens is 423 g/mol. The van der Waals surface area contributed by atoms with Gasteiger partial charge in [0.25, 0.3) is 0 Å². The van der Waals surface area contributed by atoms with E-state index in [0.717, 1.165) is 16.9 Å². The average molecular weight is 442 g/mol. The number of benzene rings is 1. The summed E-state index contributed by atoms with van der Waals surface area (Å²) >= 11 is 0. The molecule has 0 fully saturated rings. The van der Waals surface area contributed by atoms with E-state index in [1.807, 2.05) is 24.3 Å². The highest BCUT2D eigenvalue weighted by Crippen LogP contribution is 2.38. The molecule has 0 spiro atoms. The number of H-pyrrole nitrogens is 1. The van der Waals surface area contributed by atoms with E-state index < -0.39 is 5.82 Å². The van der Waals surface area contributed by atoms with Crippen LogP contribution in [0, 0.1) is 5.82 Å². The smallest absolute Gasteiger partial charge is 0.328 e. The number of para-hydroxylation sites is 1. The number of imidazole rings is 2. The summed E-state index contributed by atoms with van der Waals surface area (Å²) in [7, 11) is 0. The molecule has 1 aliphatic rings. The lowest BCUT2D eigenvalue weighted by Gasteiger charge is -2.28. The maximum absolute atomic E-state index is 13.8. The van der Waals surface area contributed by atoms with Gasteiger partial charge in [0.1, 0.15) is 28.4 Å². The van der Waals surface area contributed by atoms with Crippen molar-refractivity contribution in [3.63, 3.8) is 0 Å². The van der Waals surface area contributed by atoms with Crippen molar-refractivity contribution < 1.29 is 9.13 Å². The normalized spacial score (nSPS) is 15.5. The lowest BCUT2D eigenvalue weighted by Crippen LogP contribution is -2.28. The third-order valence-electron chi connectivity index (χ3n) is 5.96. The Kier molecular flexibility index (Phi) is 4.36. The topological polar surface area (TPSA) is 90.1 Å². The number of hydrogen-bond donors (Lipinski definition) is 1. The molecule has 0 aliphatic carbocycles. The van der Waals surface area contributed by atoms with E-state index in [-0.39, 0.29) is 11.7 Å². The first-order valence-corrected chi connectivity index (χ1v) is 10.6. The quantitative estimate of drug-likeness (QED) is 0.429. The molecule has 164 valence electrons. The second kappa shape index (κ2) is 7.40. The number of nitrogens with zero attached hydrogens (tertiary/aromatic N) is 5. The molecule has 1 N–H and O–H groups in total. The number of ether oxygens (including phenoxy) is 1. The van der Waals surface area contributed by atoms with Crippen LogP contribution in [0.5, 0.6) is 5.75 Å². The summed E-state index contributed by atoms with van der Waals surface area (Å²) in [6.45, 7) is 4.31. The van der Waals surface area contributed by atoms with Gasteiger partial charge in [0.2, 0.25) is 0 Å². The number of hydrogen-bond acceptors (Lipinski definition) is 5. The highest BCUT2D eigenvalue weighted by molar-refractivity contribution is 5.73. The number of aromatic nitrogens is 6. The summed E-state index contributed by atoms with van der Waals surface area (Å²) in [5.74, 6) is 0.748. The van der Waals surface area contributed by atoms with Gasteiger partial charge < -0.3 is 9.72 Å². The molecule has 33 heavy (non-hydrogen) atoms. The SMILES string of the molecule is C=CCc1cccc2c1OCCC2n1c(=O)[nH]c2cnc(-c3cnc4ccc(F)cn34)nc21. The second-order valence-corrected chi connectivity index (χ2v) is 7.93. The third kappa shape index (κ3) is 3.04. The van der Waals surface area contributed by atoms with E-state index in [4.69, 9.17) is 9.72 Å². The molecule has 1 atom stereocenters. The van der Waals surface area contributed by atoms with Gasteiger partial charge >= 0.3 is 5.69 Å². The number of halogens is 1. The van der Waals surface area contributed by atoms with Crippen LogP contribution in [0.2, 0.25) is 0 Å². The number of aromatic amines is 1. The molecule has 6 rings (SSSR count). The number of pyridine rings is 1. The van der Waals surface area contributed by atoms with Crippen LogP contribution >= 0.6 is 0 Å². The number of nitrogens with one attached hydrogen (secondary N) is 1. The largest absolute Gasteiger partial charge is 0.493 e. The van der Waals surface area contributed by atoms with Gasteiger partial charge in [0.15, 0.2) is 11.5 Å². The molecule has 5 aromatic rings. The Morgan fingerprint density at radius 3 is 3.03 bits per heavy atom.